The summed E-state index contributed by atoms with van der Waals surface area (Å²) >= 11 is 0. The van der Waals surface area contributed by atoms with Gasteiger partial charge in [0.25, 0.3) is 0 Å². The Labute approximate surface area is 140 Å². The summed E-state index contributed by atoms with van der Waals surface area (Å²) in [7, 11) is 0. The van der Waals surface area contributed by atoms with Crippen LogP contribution in [0.5, 0.6) is 0 Å². The normalized spacial score (nSPS) is 29.6. The number of hydrogen-bond acceptors (Lipinski definition) is 3. The Morgan fingerprint density at radius 3 is 2.26 bits per heavy atom. The molecule has 1 aromatic rings. The predicted molar refractivity (Wildman–Crippen MR) is 93.7 cm³/mol. The predicted octanol–water partition coefficient (Wildman–Crippen LogP) is 3.11. The zero-order valence-electron chi connectivity index (χ0n) is 14.3. The van der Waals surface area contributed by atoms with Crippen molar-refractivity contribution in [2.75, 3.05) is 45.9 Å². The van der Waals surface area contributed by atoms with E-state index < -0.39 is 0 Å². The van der Waals surface area contributed by atoms with Crippen molar-refractivity contribution in [3.8, 4) is 0 Å². The molecule has 4 rings (SSSR count). The van der Waals surface area contributed by atoms with Gasteiger partial charge in [0, 0.05) is 26.2 Å². The SMILES string of the molecule is c1cc(C2CC(CN3CCOCC3)C2)ccc1CN1CCCC1. The van der Waals surface area contributed by atoms with E-state index in [1.165, 1.54) is 50.9 Å². The first-order chi connectivity index (χ1) is 11.4. The van der Waals surface area contributed by atoms with E-state index in [9.17, 15) is 0 Å². The summed E-state index contributed by atoms with van der Waals surface area (Å²) in [5, 5.41) is 0. The van der Waals surface area contributed by atoms with Crippen LogP contribution in [-0.4, -0.2) is 55.7 Å². The maximum absolute atomic E-state index is 5.44. The molecule has 1 aromatic carbocycles. The van der Waals surface area contributed by atoms with Crippen molar-refractivity contribution >= 4 is 0 Å². The van der Waals surface area contributed by atoms with Crippen LogP contribution in [0, 0.1) is 5.92 Å². The Morgan fingerprint density at radius 2 is 1.57 bits per heavy atom. The lowest BCUT2D eigenvalue weighted by atomic mass is 9.71. The zero-order valence-corrected chi connectivity index (χ0v) is 14.3. The third kappa shape index (κ3) is 3.96. The summed E-state index contributed by atoms with van der Waals surface area (Å²) in [5.74, 6) is 1.71. The molecule has 3 heteroatoms. The molecule has 2 aliphatic heterocycles. The highest BCUT2D eigenvalue weighted by atomic mass is 16.5. The van der Waals surface area contributed by atoms with Crippen molar-refractivity contribution in [1.29, 1.82) is 0 Å². The molecule has 0 bridgehead atoms. The Bertz CT molecular complexity index is 483. The van der Waals surface area contributed by atoms with Crippen LogP contribution in [0.3, 0.4) is 0 Å². The lowest BCUT2D eigenvalue weighted by molar-refractivity contribution is 0.0217. The smallest absolute Gasteiger partial charge is 0.0594 e. The van der Waals surface area contributed by atoms with Gasteiger partial charge in [-0.3, -0.25) is 9.80 Å². The second kappa shape index (κ2) is 7.33. The van der Waals surface area contributed by atoms with Crippen molar-refractivity contribution in [1.82, 2.24) is 9.80 Å². The van der Waals surface area contributed by atoms with Crippen LogP contribution in [-0.2, 0) is 11.3 Å². The molecular weight excluding hydrogens is 284 g/mol. The van der Waals surface area contributed by atoms with Gasteiger partial charge in [-0.05, 0) is 61.7 Å². The van der Waals surface area contributed by atoms with Gasteiger partial charge in [-0.2, -0.15) is 0 Å². The van der Waals surface area contributed by atoms with Crippen molar-refractivity contribution in [2.45, 2.75) is 38.1 Å². The van der Waals surface area contributed by atoms with E-state index in [0.717, 1.165) is 44.7 Å². The van der Waals surface area contributed by atoms with Gasteiger partial charge in [0.1, 0.15) is 0 Å². The molecule has 3 aliphatic rings. The third-order valence-electron chi connectivity index (χ3n) is 5.91. The molecule has 23 heavy (non-hydrogen) atoms. The maximum Gasteiger partial charge on any atom is 0.0594 e. The first kappa shape index (κ1) is 15.6. The van der Waals surface area contributed by atoms with E-state index in [2.05, 4.69) is 34.1 Å². The summed E-state index contributed by atoms with van der Waals surface area (Å²) < 4.78 is 5.44. The summed E-state index contributed by atoms with van der Waals surface area (Å²) in [6, 6.07) is 9.51. The molecule has 2 saturated heterocycles. The van der Waals surface area contributed by atoms with Gasteiger partial charge >= 0.3 is 0 Å². The number of rotatable bonds is 5. The van der Waals surface area contributed by atoms with E-state index in [0.29, 0.717) is 0 Å². The van der Waals surface area contributed by atoms with Gasteiger partial charge in [-0.1, -0.05) is 24.3 Å². The molecule has 0 spiro atoms. The van der Waals surface area contributed by atoms with E-state index in [1.807, 2.05) is 0 Å². The zero-order chi connectivity index (χ0) is 15.5. The van der Waals surface area contributed by atoms with Gasteiger partial charge < -0.3 is 4.74 Å². The Balaban J connectivity index is 1.23. The lowest BCUT2D eigenvalue weighted by Gasteiger charge is -2.40. The average Bonchev–Trinajstić information content (AvgIpc) is 3.06. The number of ether oxygens (including phenoxy) is 1. The fourth-order valence-electron chi connectivity index (χ4n) is 4.40. The molecule has 1 aliphatic carbocycles. The minimum atomic E-state index is 0.807. The largest absolute Gasteiger partial charge is 0.379 e. The van der Waals surface area contributed by atoms with Crippen molar-refractivity contribution in [2.24, 2.45) is 5.92 Å². The van der Waals surface area contributed by atoms with Crippen LogP contribution in [0.15, 0.2) is 24.3 Å². The van der Waals surface area contributed by atoms with Gasteiger partial charge in [-0.15, -0.1) is 0 Å². The van der Waals surface area contributed by atoms with Crippen LogP contribution >= 0.6 is 0 Å². The summed E-state index contributed by atoms with van der Waals surface area (Å²) in [6.07, 6.45) is 5.51. The van der Waals surface area contributed by atoms with E-state index >= 15 is 0 Å². The van der Waals surface area contributed by atoms with Crippen molar-refractivity contribution in [3.05, 3.63) is 35.4 Å². The number of morpholine rings is 1. The molecular formula is C20H30N2O. The molecule has 0 aromatic heterocycles. The Morgan fingerprint density at radius 1 is 0.870 bits per heavy atom. The van der Waals surface area contributed by atoms with E-state index in [4.69, 9.17) is 4.74 Å². The highest BCUT2D eigenvalue weighted by Crippen LogP contribution is 2.42. The molecule has 0 atom stereocenters. The van der Waals surface area contributed by atoms with E-state index in [-0.39, 0.29) is 0 Å². The molecule has 0 N–H and O–H groups in total. The highest BCUT2D eigenvalue weighted by molar-refractivity contribution is 5.27. The summed E-state index contributed by atoms with van der Waals surface area (Å²) in [6.45, 7) is 9.11. The quantitative estimate of drug-likeness (QED) is 0.830. The average molecular weight is 314 g/mol. The Hall–Kier alpha value is -0.900. The lowest BCUT2D eigenvalue weighted by Crippen LogP contribution is -2.42. The molecule has 2 heterocycles. The Kier molecular flexibility index (Phi) is 4.98. The molecule has 1 saturated carbocycles. The van der Waals surface area contributed by atoms with Gasteiger partial charge in [-0.25, -0.2) is 0 Å². The highest BCUT2D eigenvalue weighted by Gasteiger charge is 2.31. The number of likely N-dealkylation sites (tertiary alicyclic amines) is 1. The molecule has 126 valence electrons. The number of hydrogen-bond donors (Lipinski definition) is 0. The van der Waals surface area contributed by atoms with Crippen LogP contribution in [0.1, 0.15) is 42.7 Å². The van der Waals surface area contributed by atoms with Gasteiger partial charge in [0.2, 0.25) is 0 Å². The van der Waals surface area contributed by atoms with Crippen molar-refractivity contribution in [3.63, 3.8) is 0 Å². The topological polar surface area (TPSA) is 15.7 Å². The van der Waals surface area contributed by atoms with Crippen LogP contribution < -0.4 is 0 Å². The molecule has 3 nitrogen and oxygen atoms in total. The molecule has 0 radical (unpaired) electrons. The monoisotopic (exact) mass is 314 g/mol. The molecule has 0 unspecified atom stereocenters. The fourth-order valence-corrected chi connectivity index (χ4v) is 4.40. The minimum Gasteiger partial charge on any atom is -0.379 e. The van der Waals surface area contributed by atoms with Crippen LogP contribution in [0.4, 0.5) is 0 Å². The van der Waals surface area contributed by atoms with Gasteiger partial charge in [0.15, 0.2) is 0 Å². The standard InChI is InChI=1S/C20H30N2O/c1-2-8-21(7-1)15-17-3-5-19(6-4-17)20-13-18(14-20)16-22-9-11-23-12-10-22/h3-6,18,20H,1-2,7-16H2. The second-order valence-corrected chi connectivity index (χ2v) is 7.67. The van der Waals surface area contributed by atoms with Crippen molar-refractivity contribution < 1.29 is 4.74 Å². The fraction of sp³-hybridized carbons (Fsp3) is 0.700. The first-order valence-corrected chi connectivity index (χ1v) is 9.48. The van der Waals surface area contributed by atoms with Gasteiger partial charge in [0.05, 0.1) is 13.2 Å². The number of benzene rings is 1. The summed E-state index contributed by atoms with van der Waals surface area (Å²) in [5.41, 5.74) is 3.05. The minimum absolute atomic E-state index is 0.807. The molecule has 3 fully saturated rings. The molecule has 0 amide bonds. The first-order valence-electron chi connectivity index (χ1n) is 9.48. The van der Waals surface area contributed by atoms with E-state index in [1.54, 1.807) is 5.56 Å². The van der Waals surface area contributed by atoms with Crippen LogP contribution in [0.2, 0.25) is 0 Å². The third-order valence-corrected chi connectivity index (χ3v) is 5.91. The summed E-state index contributed by atoms with van der Waals surface area (Å²) in [4.78, 5) is 5.17. The maximum atomic E-state index is 5.44. The number of nitrogens with zero attached hydrogens (tertiary/aromatic N) is 2. The second-order valence-electron chi connectivity index (χ2n) is 7.67. The van der Waals surface area contributed by atoms with Crippen LogP contribution in [0.25, 0.3) is 0 Å².